The van der Waals surface area contributed by atoms with Crippen LogP contribution in [0.2, 0.25) is 0 Å². The molecule has 2 unspecified atom stereocenters. The van der Waals surface area contributed by atoms with E-state index in [4.69, 9.17) is 0 Å². The number of nitrogens with one attached hydrogen (secondary N) is 2. The van der Waals surface area contributed by atoms with E-state index in [-0.39, 0.29) is 5.91 Å². The number of carbonyl (C=O) groups excluding carboxylic acids is 1. The monoisotopic (exact) mass is 286 g/mol. The summed E-state index contributed by atoms with van der Waals surface area (Å²) in [5.41, 5.74) is 1.15. The first-order valence-corrected chi connectivity index (χ1v) is 8.35. The maximum Gasteiger partial charge on any atom is 0.234 e. The molecule has 3 rings (SSSR count). The van der Waals surface area contributed by atoms with Crippen molar-refractivity contribution < 1.29 is 4.79 Å². The first kappa shape index (κ1) is 14.6. The van der Waals surface area contributed by atoms with E-state index in [0.717, 1.165) is 17.4 Å². The first-order chi connectivity index (χ1) is 10.3. The van der Waals surface area contributed by atoms with Gasteiger partial charge >= 0.3 is 0 Å². The maximum atomic E-state index is 11.9. The Morgan fingerprint density at radius 1 is 1.05 bits per heavy atom. The van der Waals surface area contributed by atoms with E-state index in [1.54, 1.807) is 0 Å². The lowest BCUT2D eigenvalue weighted by molar-refractivity contribution is -0.120. The highest BCUT2D eigenvalue weighted by Crippen LogP contribution is 2.43. The highest BCUT2D eigenvalue weighted by Gasteiger charge is 2.34. The molecule has 1 amide bonds. The molecule has 114 valence electrons. The Morgan fingerprint density at radius 2 is 1.86 bits per heavy atom. The highest BCUT2D eigenvalue weighted by atomic mass is 16.1. The summed E-state index contributed by atoms with van der Waals surface area (Å²) in [5.74, 6) is 2.03. The minimum Gasteiger partial charge on any atom is -0.351 e. The van der Waals surface area contributed by atoms with Crippen LogP contribution in [0.3, 0.4) is 0 Å². The van der Waals surface area contributed by atoms with E-state index in [1.807, 2.05) is 30.3 Å². The lowest BCUT2D eigenvalue weighted by Crippen LogP contribution is -2.41. The Balaban J connectivity index is 1.35. The topological polar surface area (TPSA) is 41.1 Å². The largest absolute Gasteiger partial charge is 0.351 e. The summed E-state index contributed by atoms with van der Waals surface area (Å²) < 4.78 is 0. The number of hydrogen-bond donors (Lipinski definition) is 2. The molecule has 0 bridgehead atoms. The fraction of sp³-hybridized carbons (Fsp3) is 0.611. The number of benzene rings is 1. The molecule has 21 heavy (non-hydrogen) atoms. The van der Waals surface area contributed by atoms with Crippen molar-refractivity contribution in [2.24, 2.45) is 11.8 Å². The van der Waals surface area contributed by atoms with Gasteiger partial charge in [0.05, 0.1) is 6.54 Å². The van der Waals surface area contributed by atoms with Crippen molar-refractivity contribution in [2.45, 2.75) is 51.1 Å². The molecule has 1 aromatic carbocycles. The van der Waals surface area contributed by atoms with Crippen molar-refractivity contribution in [3.05, 3.63) is 35.9 Å². The number of hydrogen-bond acceptors (Lipinski definition) is 2. The van der Waals surface area contributed by atoms with Crippen molar-refractivity contribution >= 4 is 5.91 Å². The minimum absolute atomic E-state index is 0.104. The van der Waals surface area contributed by atoms with Crippen LogP contribution in [0.1, 0.15) is 44.1 Å². The average molecular weight is 286 g/mol. The van der Waals surface area contributed by atoms with E-state index < -0.39 is 0 Å². The summed E-state index contributed by atoms with van der Waals surface area (Å²) in [4.78, 5) is 11.9. The smallest absolute Gasteiger partial charge is 0.234 e. The molecular weight excluding hydrogens is 260 g/mol. The number of amides is 1. The molecule has 2 fully saturated rings. The van der Waals surface area contributed by atoms with Gasteiger partial charge in [-0.2, -0.15) is 0 Å². The Morgan fingerprint density at radius 3 is 2.62 bits per heavy atom. The van der Waals surface area contributed by atoms with Crippen molar-refractivity contribution in [1.29, 1.82) is 0 Å². The van der Waals surface area contributed by atoms with Gasteiger partial charge in [0.25, 0.3) is 0 Å². The zero-order chi connectivity index (χ0) is 14.5. The van der Waals surface area contributed by atoms with Crippen LogP contribution in [0.25, 0.3) is 0 Å². The summed E-state index contributed by atoms with van der Waals surface area (Å²) in [6.07, 6.45) is 8.11. The second-order valence-corrected chi connectivity index (χ2v) is 6.60. The molecule has 2 aliphatic carbocycles. The van der Waals surface area contributed by atoms with Crippen molar-refractivity contribution in [3.8, 4) is 0 Å². The molecule has 3 nitrogen and oxygen atoms in total. The van der Waals surface area contributed by atoms with E-state index in [1.165, 1.54) is 38.5 Å². The predicted octanol–water partition coefficient (Wildman–Crippen LogP) is 2.86. The van der Waals surface area contributed by atoms with Crippen molar-refractivity contribution in [3.63, 3.8) is 0 Å². The second-order valence-electron chi connectivity index (χ2n) is 6.60. The van der Waals surface area contributed by atoms with Gasteiger partial charge in [0.1, 0.15) is 0 Å². The van der Waals surface area contributed by atoms with Gasteiger partial charge in [0, 0.05) is 12.6 Å². The molecule has 2 atom stereocenters. The lowest BCUT2D eigenvalue weighted by Gasteiger charge is -2.29. The van der Waals surface area contributed by atoms with Crippen LogP contribution in [0, 0.1) is 11.8 Å². The predicted molar refractivity (Wildman–Crippen MR) is 84.8 cm³/mol. The fourth-order valence-corrected chi connectivity index (χ4v) is 3.50. The van der Waals surface area contributed by atoms with Gasteiger partial charge in [-0.25, -0.2) is 0 Å². The molecule has 0 radical (unpaired) electrons. The Bertz CT molecular complexity index is 456. The summed E-state index contributed by atoms with van der Waals surface area (Å²) in [5, 5.41) is 6.44. The van der Waals surface area contributed by atoms with Crippen LogP contribution in [0.15, 0.2) is 30.3 Å². The molecular formula is C18H26N2O. The van der Waals surface area contributed by atoms with Gasteiger partial charge in [0.2, 0.25) is 5.91 Å². The van der Waals surface area contributed by atoms with E-state index in [9.17, 15) is 4.79 Å². The Labute approximate surface area is 127 Å². The highest BCUT2D eigenvalue weighted by molar-refractivity contribution is 5.78. The Kier molecular flexibility index (Phi) is 4.91. The molecule has 0 heterocycles. The molecule has 3 heteroatoms. The van der Waals surface area contributed by atoms with Gasteiger partial charge < -0.3 is 10.6 Å². The standard InChI is InChI=1S/C18H26N2O/c21-18(20-12-14-5-2-1-3-6-14)13-19-17-8-4-7-16(11-17)15-9-10-15/h1-3,5-6,15-17,19H,4,7-13H2,(H,20,21). The summed E-state index contributed by atoms with van der Waals surface area (Å²) in [6, 6.07) is 10.6. The van der Waals surface area contributed by atoms with Gasteiger partial charge in [-0.05, 0) is 43.1 Å². The van der Waals surface area contributed by atoms with Gasteiger partial charge in [0.15, 0.2) is 0 Å². The summed E-state index contributed by atoms with van der Waals surface area (Å²) in [7, 11) is 0. The third-order valence-corrected chi connectivity index (χ3v) is 4.89. The first-order valence-electron chi connectivity index (χ1n) is 8.35. The van der Waals surface area contributed by atoms with Crippen LogP contribution in [0.5, 0.6) is 0 Å². The lowest BCUT2D eigenvalue weighted by atomic mass is 9.83. The summed E-state index contributed by atoms with van der Waals surface area (Å²) in [6.45, 7) is 1.08. The maximum absolute atomic E-state index is 11.9. The molecule has 0 aromatic heterocycles. The SMILES string of the molecule is O=C(CNC1CCCC(C2CC2)C1)NCc1ccccc1. The zero-order valence-electron chi connectivity index (χ0n) is 12.7. The van der Waals surface area contributed by atoms with E-state index in [2.05, 4.69) is 10.6 Å². The second kappa shape index (κ2) is 7.08. The molecule has 0 saturated heterocycles. The minimum atomic E-state index is 0.104. The molecule has 0 aliphatic heterocycles. The third kappa shape index (κ3) is 4.57. The van der Waals surface area contributed by atoms with E-state index >= 15 is 0 Å². The van der Waals surface area contributed by atoms with Crippen LogP contribution < -0.4 is 10.6 Å². The zero-order valence-corrected chi connectivity index (χ0v) is 12.7. The quantitative estimate of drug-likeness (QED) is 0.844. The molecule has 2 N–H and O–H groups in total. The molecule has 2 aliphatic rings. The van der Waals surface area contributed by atoms with E-state index in [0.29, 0.717) is 19.1 Å². The van der Waals surface area contributed by atoms with Gasteiger partial charge in [-0.1, -0.05) is 43.2 Å². The van der Waals surface area contributed by atoms with Gasteiger partial charge in [-0.3, -0.25) is 4.79 Å². The van der Waals surface area contributed by atoms with Crippen LogP contribution in [-0.2, 0) is 11.3 Å². The third-order valence-electron chi connectivity index (χ3n) is 4.89. The Hall–Kier alpha value is -1.35. The molecule has 1 aromatic rings. The van der Waals surface area contributed by atoms with Crippen molar-refractivity contribution in [2.75, 3.05) is 6.54 Å². The van der Waals surface area contributed by atoms with Gasteiger partial charge in [-0.15, -0.1) is 0 Å². The summed E-state index contributed by atoms with van der Waals surface area (Å²) >= 11 is 0. The fourth-order valence-electron chi connectivity index (χ4n) is 3.50. The van der Waals surface area contributed by atoms with Crippen LogP contribution in [0.4, 0.5) is 0 Å². The normalized spacial score (nSPS) is 25.5. The van der Waals surface area contributed by atoms with Crippen LogP contribution >= 0.6 is 0 Å². The van der Waals surface area contributed by atoms with Crippen LogP contribution in [-0.4, -0.2) is 18.5 Å². The molecule has 2 saturated carbocycles. The number of carbonyl (C=O) groups is 1. The van der Waals surface area contributed by atoms with Crippen molar-refractivity contribution in [1.82, 2.24) is 10.6 Å². The molecule has 0 spiro atoms. The average Bonchev–Trinajstić information content (AvgIpc) is 3.37. The number of rotatable bonds is 6.